The lowest BCUT2D eigenvalue weighted by molar-refractivity contribution is -0.140. The lowest BCUT2D eigenvalue weighted by atomic mass is 10.0. The van der Waals surface area contributed by atoms with Gasteiger partial charge in [-0.25, -0.2) is 14.8 Å². The van der Waals surface area contributed by atoms with Crippen molar-refractivity contribution in [2.24, 2.45) is 0 Å². The second-order valence-electron chi connectivity index (χ2n) is 7.70. The fraction of sp³-hybridized carbons (Fsp3) is 0.318. The number of unbranched alkanes of at least 4 members (excludes halogenated alkanes) is 1. The van der Waals surface area contributed by atoms with Crippen molar-refractivity contribution < 1.29 is 24.6 Å². The number of aryl methyl sites for hydroxylation is 2. The number of nitrogens with zero attached hydrogens (tertiary/aromatic N) is 4. The van der Waals surface area contributed by atoms with Gasteiger partial charge in [-0.3, -0.25) is 9.59 Å². The number of nitrogens with one attached hydrogen (secondary N) is 1. The highest BCUT2D eigenvalue weighted by Crippen LogP contribution is 2.16. The molecule has 0 aliphatic rings. The minimum atomic E-state index is -1.28. The Morgan fingerprint density at radius 1 is 0.971 bits per heavy atom. The van der Waals surface area contributed by atoms with Crippen LogP contribution in [0, 0.1) is 0 Å². The molecule has 3 aromatic rings. The van der Waals surface area contributed by atoms with Gasteiger partial charge in [-0.05, 0) is 49.8 Å². The average molecular weight is 467 g/mol. The summed E-state index contributed by atoms with van der Waals surface area (Å²) in [6, 6.07) is 5.58. The second-order valence-corrected chi connectivity index (χ2v) is 7.70. The molecule has 1 atom stereocenters. The highest BCUT2D eigenvalue weighted by molar-refractivity contribution is 5.96. The van der Waals surface area contributed by atoms with Crippen LogP contribution in [-0.4, -0.2) is 54.0 Å². The van der Waals surface area contributed by atoms with E-state index in [0.717, 1.165) is 30.5 Å². The van der Waals surface area contributed by atoms with E-state index in [9.17, 15) is 19.5 Å². The maximum absolute atomic E-state index is 12.3. The molecular formula is C22H25N7O5. The second kappa shape index (κ2) is 11.0. The van der Waals surface area contributed by atoms with E-state index in [2.05, 4.69) is 25.3 Å². The normalized spacial score (nSPS) is 11.8. The fourth-order valence-electron chi connectivity index (χ4n) is 3.33. The zero-order chi connectivity index (χ0) is 24.7. The van der Waals surface area contributed by atoms with Crippen molar-refractivity contribution in [1.82, 2.24) is 25.3 Å². The molecule has 12 nitrogen and oxygen atoms in total. The predicted octanol–water partition coefficient (Wildman–Crippen LogP) is 1.20. The summed E-state index contributed by atoms with van der Waals surface area (Å²) in [5.41, 5.74) is 14.3. The number of aliphatic carboxylic acids is 2. The SMILES string of the molecule is Nc1nc(N)c2nc(CCCCc3ccc(C(=O)N[C@@H](CCC(=O)O)C(=O)O)cc3)cnc2n1. The number of fused-ring (bicyclic) bond motifs is 1. The molecule has 7 N–H and O–H groups in total. The zero-order valence-electron chi connectivity index (χ0n) is 18.3. The Kier molecular flexibility index (Phi) is 7.85. The van der Waals surface area contributed by atoms with Crippen LogP contribution in [0.3, 0.4) is 0 Å². The number of benzene rings is 1. The summed E-state index contributed by atoms with van der Waals surface area (Å²) in [5.74, 6) is -2.72. The summed E-state index contributed by atoms with van der Waals surface area (Å²) in [6.07, 6.45) is 4.29. The van der Waals surface area contributed by atoms with E-state index in [4.69, 9.17) is 16.6 Å². The van der Waals surface area contributed by atoms with E-state index in [1.165, 1.54) is 0 Å². The van der Waals surface area contributed by atoms with E-state index < -0.39 is 23.9 Å². The molecule has 0 spiro atoms. The number of anilines is 2. The molecule has 12 heteroatoms. The first-order valence-corrected chi connectivity index (χ1v) is 10.6. The number of nitrogens with two attached hydrogens (primary N) is 2. The van der Waals surface area contributed by atoms with E-state index in [1.807, 2.05) is 0 Å². The largest absolute Gasteiger partial charge is 0.481 e. The summed E-state index contributed by atoms with van der Waals surface area (Å²) >= 11 is 0. The van der Waals surface area contributed by atoms with E-state index >= 15 is 0 Å². The fourth-order valence-corrected chi connectivity index (χ4v) is 3.33. The molecule has 2 aromatic heterocycles. The van der Waals surface area contributed by atoms with Crippen LogP contribution >= 0.6 is 0 Å². The van der Waals surface area contributed by atoms with Crippen molar-refractivity contribution in [3.63, 3.8) is 0 Å². The maximum atomic E-state index is 12.3. The van der Waals surface area contributed by atoms with Crippen molar-refractivity contribution in [2.45, 2.75) is 44.6 Å². The average Bonchev–Trinajstić information content (AvgIpc) is 2.79. The highest BCUT2D eigenvalue weighted by Gasteiger charge is 2.21. The highest BCUT2D eigenvalue weighted by atomic mass is 16.4. The lowest BCUT2D eigenvalue weighted by Crippen LogP contribution is -2.41. The minimum absolute atomic E-state index is 0.0513. The molecule has 1 amide bonds. The van der Waals surface area contributed by atoms with Gasteiger partial charge >= 0.3 is 11.9 Å². The van der Waals surface area contributed by atoms with Crippen LogP contribution in [0.15, 0.2) is 30.5 Å². The summed E-state index contributed by atoms with van der Waals surface area (Å²) in [4.78, 5) is 50.8. The van der Waals surface area contributed by atoms with Gasteiger partial charge in [-0.2, -0.15) is 9.97 Å². The predicted molar refractivity (Wildman–Crippen MR) is 123 cm³/mol. The Bertz CT molecular complexity index is 1200. The van der Waals surface area contributed by atoms with Gasteiger partial charge in [0.05, 0.1) is 11.9 Å². The maximum Gasteiger partial charge on any atom is 0.326 e. The first-order chi connectivity index (χ1) is 16.2. The number of carbonyl (C=O) groups is 3. The molecule has 0 aliphatic heterocycles. The number of hydrogen-bond donors (Lipinski definition) is 5. The smallest absolute Gasteiger partial charge is 0.326 e. The Morgan fingerprint density at radius 3 is 2.35 bits per heavy atom. The number of carboxylic acids is 2. The molecule has 34 heavy (non-hydrogen) atoms. The number of nitrogen functional groups attached to an aromatic ring is 2. The summed E-state index contributed by atoms with van der Waals surface area (Å²) in [7, 11) is 0. The molecule has 0 radical (unpaired) electrons. The number of aromatic nitrogens is 4. The van der Waals surface area contributed by atoms with Gasteiger partial charge in [0.25, 0.3) is 5.91 Å². The van der Waals surface area contributed by atoms with E-state index in [0.29, 0.717) is 23.1 Å². The van der Waals surface area contributed by atoms with Crippen molar-refractivity contribution in [3.05, 3.63) is 47.3 Å². The molecule has 0 saturated heterocycles. The quantitative estimate of drug-likeness (QED) is 0.253. The third-order valence-electron chi connectivity index (χ3n) is 5.12. The number of rotatable bonds is 11. The van der Waals surface area contributed by atoms with Crippen LogP contribution in [0.1, 0.15) is 47.3 Å². The lowest BCUT2D eigenvalue weighted by Gasteiger charge is -2.13. The van der Waals surface area contributed by atoms with Crippen LogP contribution in [0.2, 0.25) is 0 Å². The number of hydrogen-bond acceptors (Lipinski definition) is 9. The molecule has 1 aromatic carbocycles. The van der Waals surface area contributed by atoms with Crippen LogP contribution < -0.4 is 16.8 Å². The Balaban J connectivity index is 1.49. The van der Waals surface area contributed by atoms with Gasteiger partial charge in [0.2, 0.25) is 5.95 Å². The zero-order valence-corrected chi connectivity index (χ0v) is 18.3. The summed E-state index contributed by atoms with van der Waals surface area (Å²) < 4.78 is 0. The van der Waals surface area contributed by atoms with Crippen LogP contribution in [0.25, 0.3) is 11.2 Å². The van der Waals surface area contributed by atoms with Crippen molar-refractivity contribution in [1.29, 1.82) is 0 Å². The van der Waals surface area contributed by atoms with Gasteiger partial charge in [0, 0.05) is 12.0 Å². The first-order valence-electron chi connectivity index (χ1n) is 10.6. The Hall–Kier alpha value is -4.35. The molecule has 0 saturated carbocycles. The number of carboxylic acid groups (broad SMARTS) is 2. The van der Waals surface area contributed by atoms with Crippen LogP contribution in [0.5, 0.6) is 0 Å². The van der Waals surface area contributed by atoms with Gasteiger partial charge in [-0.1, -0.05) is 12.1 Å². The van der Waals surface area contributed by atoms with E-state index in [1.54, 1.807) is 30.5 Å². The first kappa shape index (κ1) is 24.3. The summed E-state index contributed by atoms with van der Waals surface area (Å²) in [5, 5.41) is 20.2. The minimum Gasteiger partial charge on any atom is -0.481 e. The molecule has 0 unspecified atom stereocenters. The van der Waals surface area contributed by atoms with Crippen molar-refractivity contribution in [2.75, 3.05) is 11.5 Å². The Labute approximate surface area is 194 Å². The van der Waals surface area contributed by atoms with Crippen molar-refractivity contribution in [3.8, 4) is 0 Å². The molecule has 0 bridgehead atoms. The van der Waals surface area contributed by atoms with Gasteiger partial charge in [0.1, 0.15) is 6.04 Å². The molecule has 3 rings (SSSR count). The molecule has 0 aliphatic carbocycles. The van der Waals surface area contributed by atoms with Gasteiger partial charge < -0.3 is 27.0 Å². The molecule has 2 heterocycles. The van der Waals surface area contributed by atoms with Crippen LogP contribution in [0.4, 0.5) is 11.8 Å². The topological polar surface area (TPSA) is 207 Å². The standard InChI is InChI=1S/C22H25N7O5/c23-18-17-19(29-22(24)28-18)25-11-14(26-17)4-2-1-3-12-5-7-13(8-6-12)20(32)27-15(21(33)34)9-10-16(30)31/h5-8,11,15H,1-4,9-10H2,(H,27,32)(H,30,31)(H,33,34)(H4,23,24,25,28,29)/t15-/m0/s1. The van der Waals surface area contributed by atoms with Gasteiger partial charge in [0.15, 0.2) is 17.0 Å². The third-order valence-corrected chi connectivity index (χ3v) is 5.12. The van der Waals surface area contributed by atoms with Crippen molar-refractivity contribution >= 4 is 40.8 Å². The van der Waals surface area contributed by atoms with Gasteiger partial charge in [-0.15, -0.1) is 0 Å². The van der Waals surface area contributed by atoms with E-state index in [-0.39, 0.29) is 24.6 Å². The monoisotopic (exact) mass is 467 g/mol. The molecule has 0 fully saturated rings. The van der Waals surface area contributed by atoms with Crippen LogP contribution in [-0.2, 0) is 22.4 Å². The number of amides is 1. The summed E-state index contributed by atoms with van der Waals surface area (Å²) in [6.45, 7) is 0. The molecule has 178 valence electrons. The Morgan fingerprint density at radius 2 is 1.68 bits per heavy atom. The third kappa shape index (κ3) is 6.58. The number of carbonyl (C=O) groups excluding carboxylic acids is 1. The molecular weight excluding hydrogens is 442 g/mol.